The Kier molecular flexibility index (Phi) is 3.58. The number of aryl methyl sites for hydroxylation is 1. The molecule has 5 heteroatoms. The lowest BCUT2D eigenvalue weighted by Gasteiger charge is -2.08. The molecule has 0 radical (unpaired) electrons. The van der Waals surface area contributed by atoms with E-state index in [1.54, 1.807) is 13.2 Å². The van der Waals surface area contributed by atoms with Crippen LogP contribution in [0.25, 0.3) is 22.2 Å². The van der Waals surface area contributed by atoms with Crippen molar-refractivity contribution in [3.8, 4) is 17.0 Å². The van der Waals surface area contributed by atoms with Crippen LogP contribution in [-0.2, 0) is 0 Å². The highest BCUT2D eigenvalue weighted by molar-refractivity contribution is 7.80. The number of aromatic nitrogens is 1. The molecule has 0 spiro atoms. The summed E-state index contributed by atoms with van der Waals surface area (Å²) in [6.45, 7) is 1.96. The number of thiocarbonyl (C=S) groups is 1. The summed E-state index contributed by atoms with van der Waals surface area (Å²) in [6, 6.07) is 10.3. The average Bonchev–Trinajstić information content (AvgIpc) is 2.85. The van der Waals surface area contributed by atoms with Gasteiger partial charge in [0.2, 0.25) is 0 Å². The van der Waals surface area contributed by atoms with Crippen molar-refractivity contribution < 1.29 is 9.13 Å². The SMILES string of the molecule is COc1ccc(-c2[nH]c3ccc(F)cc3c2C(N)=S)cc1C. The maximum Gasteiger partial charge on any atom is 0.123 e. The molecule has 0 atom stereocenters. The molecule has 1 aromatic heterocycles. The molecule has 0 bridgehead atoms. The van der Waals surface area contributed by atoms with Crippen LogP contribution in [0.15, 0.2) is 36.4 Å². The Balaban J connectivity index is 2.28. The first kappa shape index (κ1) is 14.5. The van der Waals surface area contributed by atoms with Crippen molar-refractivity contribution in [2.24, 2.45) is 5.73 Å². The van der Waals surface area contributed by atoms with Crippen LogP contribution < -0.4 is 10.5 Å². The number of methoxy groups -OCH3 is 1. The molecular formula is C17H15FN2OS. The molecule has 1 heterocycles. The molecule has 112 valence electrons. The second-order valence-electron chi connectivity index (χ2n) is 5.11. The van der Waals surface area contributed by atoms with Crippen molar-refractivity contribution in [2.75, 3.05) is 7.11 Å². The predicted octanol–water partition coefficient (Wildman–Crippen LogP) is 3.93. The Hall–Kier alpha value is -2.40. The highest BCUT2D eigenvalue weighted by atomic mass is 32.1. The number of hydrogen-bond acceptors (Lipinski definition) is 2. The third kappa shape index (κ3) is 2.33. The Morgan fingerprint density at radius 1 is 1.23 bits per heavy atom. The van der Waals surface area contributed by atoms with Gasteiger partial charge in [-0.15, -0.1) is 0 Å². The maximum atomic E-state index is 13.5. The molecule has 0 unspecified atom stereocenters. The third-order valence-electron chi connectivity index (χ3n) is 3.69. The smallest absolute Gasteiger partial charge is 0.123 e. The number of nitrogens with two attached hydrogens (primary N) is 1. The largest absolute Gasteiger partial charge is 0.496 e. The zero-order valence-electron chi connectivity index (χ0n) is 12.2. The van der Waals surface area contributed by atoms with Crippen LogP contribution in [0.1, 0.15) is 11.1 Å². The molecule has 0 aliphatic heterocycles. The van der Waals surface area contributed by atoms with E-state index in [-0.39, 0.29) is 10.8 Å². The van der Waals surface area contributed by atoms with Gasteiger partial charge in [0, 0.05) is 16.5 Å². The molecule has 0 aliphatic carbocycles. The summed E-state index contributed by atoms with van der Waals surface area (Å²) in [5, 5.41) is 0.691. The average molecular weight is 314 g/mol. The molecule has 0 saturated heterocycles. The van der Waals surface area contributed by atoms with Gasteiger partial charge in [-0.3, -0.25) is 0 Å². The van der Waals surface area contributed by atoms with E-state index < -0.39 is 0 Å². The van der Waals surface area contributed by atoms with E-state index in [0.29, 0.717) is 10.9 Å². The number of hydrogen-bond donors (Lipinski definition) is 2. The van der Waals surface area contributed by atoms with E-state index in [1.165, 1.54) is 12.1 Å². The van der Waals surface area contributed by atoms with Crippen LogP contribution >= 0.6 is 12.2 Å². The van der Waals surface area contributed by atoms with Gasteiger partial charge in [-0.1, -0.05) is 12.2 Å². The van der Waals surface area contributed by atoms with Crippen LogP contribution in [0, 0.1) is 12.7 Å². The summed E-state index contributed by atoms with van der Waals surface area (Å²) in [5.74, 6) is 0.490. The number of H-pyrrole nitrogens is 1. The fourth-order valence-corrected chi connectivity index (χ4v) is 2.88. The van der Waals surface area contributed by atoms with Crippen LogP contribution in [0.2, 0.25) is 0 Å². The molecular weight excluding hydrogens is 299 g/mol. The lowest BCUT2D eigenvalue weighted by atomic mass is 10.0. The first-order valence-electron chi connectivity index (χ1n) is 6.77. The van der Waals surface area contributed by atoms with Crippen molar-refractivity contribution in [1.82, 2.24) is 4.98 Å². The highest BCUT2D eigenvalue weighted by Gasteiger charge is 2.16. The van der Waals surface area contributed by atoms with Crippen LogP contribution in [-0.4, -0.2) is 17.1 Å². The summed E-state index contributed by atoms with van der Waals surface area (Å²) < 4.78 is 18.8. The van der Waals surface area contributed by atoms with Crippen molar-refractivity contribution in [2.45, 2.75) is 6.92 Å². The number of fused-ring (bicyclic) bond motifs is 1. The number of benzene rings is 2. The summed E-state index contributed by atoms with van der Waals surface area (Å²) >= 11 is 5.17. The number of halogens is 1. The second kappa shape index (κ2) is 5.42. The number of ether oxygens (including phenoxy) is 1. The molecule has 2 aromatic carbocycles. The van der Waals surface area contributed by atoms with Crippen molar-refractivity contribution in [3.05, 3.63) is 53.3 Å². The maximum absolute atomic E-state index is 13.5. The van der Waals surface area contributed by atoms with Gasteiger partial charge in [-0.05, 0) is 54.4 Å². The minimum atomic E-state index is -0.318. The van der Waals surface area contributed by atoms with Gasteiger partial charge >= 0.3 is 0 Å². The summed E-state index contributed by atoms with van der Waals surface area (Å²) in [4.78, 5) is 3.52. The molecule has 0 saturated carbocycles. The molecule has 0 amide bonds. The van der Waals surface area contributed by atoms with Gasteiger partial charge < -0.3 is 15.5 Å². The van der Waals surface area contributed by atoms with Crippen molar-refractivity contribution in [3.63, 3.8) is 0 Å². The Morgan fingerprint density at radius 2 is 2.00 bits per heavy atom. The monoisotopic (exact) mass is 314 g/mol. The zero-order chi connectivity index (χ0) is 15.9. The second-order valence-corrected chi connectivity index (χ2v) is 5.55. The van der Waals surface area contributed by atoms with Crippen LogP contribution in [0.4, 0.5) is 4.39 Å². The number of rotatable bonds is 3. The minimum Gasteiger partial charge on any atom is -0.496 e. The Labute approximate surface area is 132 Å². The summed E-state index contributed by atoms with van der Waals surface area (Å²) in [5.41, 5.74) is 10.0. The normalized spacial score (nSPS) is 10.9. The fourth-order valence-electron chi connectivity index (χ4n) is 2.67. The van der Waals surface area contributed by atoms with E-state index in [1.807, 2.05) is 25.1 Å². The van der Waals surface area contributed by atoms with Gasteiger partial charge in [-0.25, -0.2) is 4.39 Å². The molecule has 3 aromatic rings. The van der Waals surface area contributed by atoms with E-state index >= 15 is 0 Å². The van der Waals surface area contributed by atoms with E-state index in [9.17, 15) is 4.39 Å². The Bertz CT molecular complexity index is 886. The predicted molar refractivity (Wildman–Crippen MR) is 90.9 cm³/mol. The first-order chi connectivity index (χ1) is 10.5. The fraction of sp³-hybridized carbons (Fsp3) is 0.118. The lowest BCUT2D eigenvalue weighted by molar-refractivity contribution is 0.412. The molecule has 22 heavy (non-hydrogen) atoms. The van der Waals surface area contributed by atoms with Crippen LogP contribution in [0.5, 0.6) is 5.75 Å². The number of nitrogens with one attached hydrogen (secondary N) is 1. The van der Waals surface area contributed by atoms with Gasteiger partial charge in [0.1, 0.15) is 16.6 Å². The van der Waals surface area contributed by atoms with Crippen molar-refractivity contribution in [1.29, 1.82) is 0 Å². The first-order valence-corrected chi connectivity index (χ1v) is 7.18. The quantitative estimate of drug-likeness (QED) is 0.720. The van der Waals surface area contributed by atoms with E-state index in [0.717, 1.165) is 28.1 Å². The molecule has 0 aliphatic rings. The lowest BCUT2D eigenvalue weighted by Crippen LogP contribution is -2.10. The van der Waals surface area contributed by atoms with E-state index in [4.69, 9.17) is 22.7 Å². The summed E-state index contributed by atoms with van der Waals surface area (Å²) in [7, 11) is 1.63. The molecule has 3 rings (SSSR count). The van der Waals surface area contributed by atoms with Crippen molar-refractivity contribution >= 4 is 28.1 Å². The Morgan fingerprint density at radius 3 is 2.64 bits per heavy atom. The molecule has 0 fully saturated rings. The topological polar surface area (TPSA) is 51.0 Å². The van der Waals surface area contributed by atoms with Gasteiger partial charge in [0.15, 0.2) is 0 Å². The number of aromatic amines is 1. The van der Waals surface area contributed by atoms with Gasteiger partial charge in [0.05, 0.1) is 12.8 Å². The van der Waals surface area contributed by atoms with Gasteiger partial charge in [0.25, 0.3) is 0 Å². The molecule has 3 N–H and O–H groups in total. The standard InChI is InChI=1S/C17H15FN2OS/c1-9-7-10(3-6-14(9)21-2)16-15(17(19)22)12-8-11(18)4-5-13(12)20-16/h3-8,20H,1-2H3,(H2,19,22). The zero-order valence-corrected chi connectivity index (χ0v) is 13.1. The van der Waals surface area contributed by atoms with Gasteiger partial charge in [-0.2, -0.15) is 0 Å². The highest BCUT2D eigenvalue weighted by Crippen LogP contribution is 2.33. The van der Waals surface area contributed by atoms with Crippen LogP contribution in [0.3, 0.4) is 0 Å². The van der Waals surface area contributed by atoms with E-state index in [2.05, 4.69) is 4.98 Å². The third-order valence-corrected chi connectivity index (χ3v) is 3.89. The minimum absolute atomic E-state index is 0.236. The summed E-state index contributed by atoms with van der Waals surface area (Å²) in [6.07, 6.45) is 0. The molecule has 3 nitrogen and oxygen atoms in total.